The summed E-state index contributed by atoms with van der Waals surface area (Å²) in [5, 5.41) is 13.5. The van der Waals surface area contributed by atoms with Crippen LogP contribution in [0.15, 0.2) is 35.5 Å². The highest BCUT2D eigenvalue weighted by Crippen LogP contribution is 2.31. The van der Waals surface area contributed by atoms with Crippen molar-refractivity contribution < 1.29 is 19.2 Å². The summed E-state index contributed by atoms with van der Waals surface area (Å²) in [5.74, 6) is -0.333. The van der Waals surface area contributed by atoms with Crippen molar-refractivity contribution in [3.8, 4) is 0 Å². The lowest BCUT2D eigenvalue weighted by Gasteiger charge is -2.33. The van der Waals surface area contributed by atoms with E-state index in [0.29, 0.717) is 16.8 Å². The average Bonchev–Trinajstić information content (AvgIpc) is 2.57. The zero-order chi connectivity index (χ0) is 18.7. The van der Waals surface area contributed by atoms with Crippen LogP contribution in [-0.2, 0) is 9.53 Å². The normalized spacial score (nSPS) is 17.6. The molecule has 2 rings (SSSR count). The second-order valence-electron chi connectivity index (χ2n) is 6.28. The third-order valence-electron chi connectivity index (χ3n) is 3.96. The first-order chi connectivity index (χ1) is 11.7. The van der Waals surface area contributed by atoms with Gasteiger partial charge in [0.25, 0.3) is 5.69 Å². The third-order valence-corrected chi connectivity index (χ3v) is 3.96. The van der Waals surface area contributed by atoms with Crippen LogP contribution in [-0.4, -0.2) is 35.5 Å². The van der Waals surface area contributed by atoms with Gasteiger partial charge in [-0.05, 0) is 30.5 Å². The number of nitrogens with one attached hydrogen (secondary N) is 1. The fourth-order valence-corrected chi connectivity index (χ4v) is 2.46. The van der Waals surface area contributed by atoms with Crippen molar-refractivity contribution in [3.05, 3.63) is 51.2 Å². The smallest absolute Gasteiger partial charge is 0.338 e. The highest BCUT2D eigenvalue weighted by atomic mass is 16.6. The van der Waals surface area contributed by atoms with Crippen molar-refractivity contribution in [2.75, 3.05) is 13.7 Å². The minimum absolute atomic E-state index is 0.0624. The molecule has 8 heteroatoms. The van der Waals surface area contributed by atoms with Gasteiger partial charge in [-0.15, -0.1) is 0 Å². The van der Waals surface area contributed by atoms with E-state index in [1.165, 1.54) is 29.2 Å². The second-order valence-corrected chi connectivity index (χ2v) is 6.28. The molecule has 0 aromatic heterocycles. The van der Waals surface area contributed by atoms with Gasteiger partial charge in [-0.25, -0.2) is 9.59 Å². The number of carbonyl (C=O) groups is 2. The fourth-order valence-electron chi connectivity index (χ4n) is 2.46. The Morgan fingerprint density at radius 1 is 1.36 bits per heavy atom. The van der Waals surface area contributed by atoms with Gasteiger partial charge in [0.15, 0.2) is 0 Å². The Bertz CT molecular complexity index is 724. The van der Waals surface area contributed by atoms with Gasteiger partial charge in [-0.2, -0.15) is 0 Å². The molecule has 1 atom stereocenters. The van der Waals surface area contributed by atoms with Gasteiger partial charge >= 0.3 is 12.0 Å². The topological polar surface area (TPSA) is 102 Å². The van der Waals surface area contributed by atoms with E-state index in [-0.39, 0.29) is 24.2 Å². The number of nitrogens with zero attached hydrogens (tertiary/aromatic N) is 2. The molecule has 1 N–H and O–H groups in total. The number of non-ortho nitro benzene ring substituents is 1. The molecule has 0 aliphatic carbocycles. The molecule has 1 aromatic rings. The molecular formula is C17H21N3O5. The monoisotopic (exact) mass is 347 g/mol. The maximum atomic E-state index is 12.6. The van der Waals surface area contributed by atoms with Crippen LogP contribution in [0.5, 0.6) is 0 Å². The molecule has 1 aromatic carbocycles. The second kappa shape index (κ2) is 7.33. The van der Waals surface area contributed by atoms with Gasteiger partial charge in [0.05, 0.1) is 23.1 Å². The van der Waals surface area contributed by atoms with Gasteiger partial charge in [0.1, 0.15) is 0 Å². The minimum Gasteiger partial charge on any atom is -0.462 e. The van der Waals surface area contributed by atoms with Crippen molar-refractivity contribution in [3.63, 3.8) is 0 Å². The number of benzene rings is 1. The van der Waals surface area contributed by atoms with E-state index in [2.05, 4.69) is 5.32 Å². The summed E-state index contributed by atoms with van der Waals surface area (Å²) in [7, 11) is 1.56. The van der Waals surface area contributed by atoms with Gasteiger partial charge in [-0.3, -0.25) is 10.1 Å². The number of rotatable bonds is 5. The summed E-state index contributed by atoms with van der Waals surface area (Å²) >= 11 is 0. The molecule has 134 valence electrons. The molecule has 1 heterocycles. The molecule has 0 spiro atoms. The largest absolute Gasteiger partial charge is 0.462 e. The van der Waals surface area contributed by atoms with Crippen LogP contribution in [0.1, 0.15) is 32.4 Å². The van der Waals surface area contributed by atoms with Crippen LogP contribution in [0.2, 0.25) is 0 Å². The molecular weight excluding hydrogens is 326 g/mol. The number of nitro benzene ring substituents is 1. The van der Waals surface area contributed by atoms with Crippen molar-refractivity contribution in [2.24, 2.45) is 5.92 Å². The number of allylic oxidation sites excluding steroid dienone is 1. The van der Waals surface area contributed by atoms with E-state index >= 15 is 0 Å². The Morgan fingerprint density at radius 3 is 2.48 bits per heavy atom. The summed E-state index contributed by atoms with van der Waals surface area (Å²) in [6.07, 6.45) is 0. The van der Waals surface area contributed by atoms with Crippen LogP contribution in [0.3, 0.4) is 0 Å². The van der Waals surface area contributed by atoms with E-state index in [4.69, 9.17) is 4.74 Å². The molecule has 25 heavy (non-hydrogen) atoms. The van der Waals surface area contributed by atoms with E-state index in [1.807, 2.05) is 13.8 Å². The molecule has 0 saturated heterocycles. The van der Waals surface area contributed by atoms with E-state index in [0.717, 1.165) is 0 Å². The Hall–Kier alpha value is -2.90. The van der Waals surface area contributed by atoms with Crippen LogP contribution in [0.4, 0.5) is 10.5 Å². The molecule has 1 aliphatic heterocycles. The Kier molecular flexibility index (Phi) is 5.41. The molecule has 0 fully saturated rings. The van der Waals surface area contributed by atoms with Crippen molar-refractivity contribution >= 4 is 17.7 Å². The molecule has 1 unspecified atom stereocenters. The number of carbonyl (C=O) groups excluding carboxylic acids is 2. The lowest BCUT2D eigenvalue weighted by Crippen LogP contribution is -2.46. The molecule has 8 nitrogen and oxygen atoms in total. The molecule has 2 amide bonds. The SMILES string of the molecule is CC1=C(C(=O)OCC(C)C)C(c2ccc([N+](=O)[O-])cc2)NC(=O)N1C. The number of urea groups is 1. The predicted octanol–water partition coefficient (Wildman–Crippen LogP) is 2.76. The van der Waals surface area contributed by atoms with Gasteiger partial charge in [0.2, 0.25) is 0 Å². The van der Waals surface area contributed by atoms with E-state index in [1.54, 1.807) is 14.0 Å². The minimum atomic E-state index is -0.718. The summed E-state index contributed by atoms with van der Waals surface area (Å²) in [4.78, 5) is 36.3. The Labute approximate surface area is 145 Å². The third kappa shape index (κ3) is 3.96. The van der Waals surface area contributed by atoms with E-state index < -0.39 is 16.9 Å². The van der Waals surface area contributed by atoms with Crippen LogP contribution in [0, 0.1) is 16.0 Å². The first-order valence-corrected chi connectivity index (χ1v) is 7.88. The maximum absolute atomic E-state index is 12.6. The summed E-state index contributed by atoms with van der Waals surface area (Å²) < 4.78 is 5.33. The summed E-state index contributed by atoms with van der Waals surface area (Å²) in [6.45, 7) is 5.79. The Balaban J connectivity index is 2.40. The number of hydrogen-bond donors (Lipinski definition) is 1. The molecule has 0 radical (unpaired) electrons. The first-order valence-electron chi connectivity index (χ1n) is 7.88. The summed E-state index contributed by atoms with van der Waals surface area (Å²) in [6, 6.07) is 4.65. The first kappa shape index (κ1) is 18.4. The standard InChI is InChI=1S/C17H21N3O5/c1-10(2)9-25-16(21)14-11(3)19(4)17(22)18-15(14)12-5-7-13(8-6-12)20(23)24/h5-8,10,15H,9H2,1-4H3,(H,18,22). The van der Waals surface area contributed by atoms with Crippen molar-refractivity contribution in [1.82, 2.24) is 10.2 Å². The van der Waals surface area contributed by atoms with Crippen LogP contribution >= 0.6 is 0 Å². The van der Waals surface area contributed by atoms with Crippen molar-refractivity contribution in [2.45, 2.75) is 26.8 Å². The van der Waals surface area contributed by atoms with Gasteiger partial charge < -0.3 is 15.0 Å². The highest BCUT2D eigenvalue weighted by Gasteiger charge is 2.35. The number of amides is 2. The Morgan fingerprint density at radius 2 is 1.96 bits per heavy atom. The lowest BCUT2D eigenvalue weighted by molar-refractivity contribution is -0.384. The van der Waals surface area contributed by atoms with Crippen molar-refractivity contribution in [1.29, 1.82) is 0 Å². The van der Waals surface area contributed by atoms with Gasteiger partial charge in [-0.1, -0.05) is 13.8 Å². The fraction of sp³-hybridized carbons (Fsp3) is 0.412. The zero-order valence-electron chi connectivity index (χ0n) is 14.6. The summed E-state index contributed by atoms with van der Waals surface area (Å²) in [5.41, 5.74) is 1.31. The van der Waals surface area contributed by atoms with E-state index in [9.17, 15) is 19.7 Å². The number of hydrogen-bond acceptors (Lipinski definition) is 5. The number of nitro groups is 1. The van der Waals surface area contributed by atoms with Crippen LogP contribution in [0.25, 0.3) is 0 Å². The lowest BCUT2D eigenvalue weighted by atomic mass is 9.95. The molecule has 0 saturated carbocycles. The molecule has 1 aliphatic rings. The highest BCUT2D eigenvalue weighted by molar-refractivity contribution is 5.95. The van der Waals surface area contributed by atoms with Gasteiger partial charge in [0, 0.05) is 24.9 Å². The maximum Gasteiger partial charge on any atom is 0.338 e. The average molecular weight is 347 g/mol. The molecule has 0 bridgehead atoms. The number of esters is 1. The quantitative estimate of drug-likeness (QED) is 0.501. The zero-order valence-corrected chi connectivity index (χ0v) is 14.6. The predicted molar refractivity (Wildman–Crippen MR) is 90.6 cm³/mol. The number of ether oxygens (including phenoxy) is 1. The van der Waals surface area contributed by atoms with Crippen LogP contribution < -0.4 is 5.32 Å².